The Morgan fingerprint density at radius 2 is 2.06 bits per heavy atom. The van der Waals surface area contributed by atoms with Crippen LogP contribution in [0.3, 0.4) is 0 Å². The lowest BCUT2D eigenvalue weighted by atomic mass is 10.2. The number of carbonyl (C=O) groups is 2. The number of hydrogen-bond acceptors (Lipinski definition) is 3. The van der Waals surface area contributed by atoms with Crippen molar-refractivity contribution in [3.05, 3.63) is 37.0 Å². The Labute approximate surface area is 104 Å². The van der Waals surface area contributed by atoms with Crippen LogP contribution in [0.5, 0.6) is 0 Å². The van der Waals surface area contributed by atoms with Crippen LogP contribution in [0.1, 0.15) is 6.92 Å². The smallest absolute Gasteiger partial charge is 0.260 e. The quantitative estimate of drug-likeness (QED) is 0.543. The molecule has 0 aliphatic carbocycles. The second-order valence-electron chi connectivity index (χ2n) is 2.85. The van der Waals surface area contributed by atoms with E-state index in [-0.39, 0.29) is 18.4 Å². The van der Waals surface area contributed by atoms with Gasteiger partial charge in [-0.1, -0.05) is 42.4 Å². The van der Waals surface area contributed by atoms with Crippen LogP contribution >= 0.6 is 21.7 Å². The Morgan fingerprint density at radius 3 is 2.44 bits per heavy atom. The molecule has 16 heavy (non-hydrogen) atoms. The normalized spacial score (nSPS) is 10.8. The van der Waals surface area contributed by atoms with Crippen LogP contribution in [0.4, 0.5) is 0 Å². The van der Waals surface area contributed by atoms with Crippen LogP contribution in [-0.4, -0.2) is 29.0 Å². The fourth-order valence-corrected chi connectivity index (χ4v) is 1.50. The number of rotatable bonds is 6. The average Bonchev–Trinajstić information content (AvgIpc) is 2.25. The molecule has 0 saturated carbocycles. The molecule has 0 unspecified atom stereocenters. The van der Waals surface area contributed by atoms with Gasteiger partial charge in [-0.15, -0.1) is 0 Å². The van der Waals surface area contributed by atoms with Crippen LogP contribution in [-0.2, 0) is 9.59 Å². The lowest BCUT2D eigenvalue weighted by Gasteiger charge is -2.18. The first kappa shape index (κ1) is 15.0. The first-order valence-corrected chi connectivity index (χ1v) is 6.40. The van der Waals surface area contributed by atoms with Crippen molar-refractivity contribution in [2.75, 3.05) is 12.3 Å². The summed E-state index contributed by atoms with van der Waals surface area (Å²) in [4.78, 5) is 24.3. The fourth-order valence-electron chi connectivity index (χ4n) is 1.04. The van der Waals surface area contributed by atoms with Gasteiger partial charge in [-0.25, -0.2) is 0 Å². The van der Waals surface area contributed by atoms with E-state index < -0.39 is 0 Å². The molecule has 0 spiro atoms. The third kappa shape index (κ3) is 4.68. The molecule has 0 heterocycles. The second kappa shape index (κ2) is 8.19. The predicted octanol–water partition coefficient (Wildman–Crippen LogP) is 2.55. The molecule has 0 N–H and O–H groups in total. The second-order valence-corrected chi connectivity index (χ2v) is 4.13. The lowest BCUT2D eigenvalue weighted by molar-refractivity contribution is -0.140. The van der Waals surface area contributed by atoms with Gasteiger partial charge in [0, 0.05) is 24.8 Å². The number of amides is 2. The highest BCUT2D eigenvalue weighted by Crippen LogP contribution is 2.09. The molecule has 0 aliphatic rings. The summed E-state index contributed by atoms with van der Waals surface area (Å²) in [5.41, 5.74) is 0.338. The van der Waals surface area contributed by atoms with Gasteiger partial charge in [-0.2, -0.15) is 0 Å². The predicted molar refractivity (Wildman–Crippen MR) is 69.2 cm³/mol. The summed E-state index contributed by atoms with van der Waals surface area (Å²) in [6.45, 7) is 8.63. The van der Waals surface area contributed by atoms with Gasteiger partial charge in [0.05, 0.1) is 0 Å². The molecule has 0 saturated heterocycles. The van der Waals surface area contributed by atoms with Crippen molar-refractivity contribution in [3.63, 3.8) is 0 Å². The molecule has 0 aromatic rings. The zero-order valence-electron chi connectivity index (χ0n) is 9.11. The molecule has 0 aliphatic heterocycles. The number of imide groups is 1. The van der Waals surface area contributed by atoms with E-state index in [4.69, 9.17) is 10.7 Å². The highest BCUT2D eigenvalue weighted by molar-refractivity contribution is 8.21. The van der Waals surface area contributed by atoms with Crippen molar-refractivity contribution in [1.82, 2.24) is 4.90 Å². The summed E-state index contributed by atoms with van der Waals surface area (Å²) >= 11 is 0. The van der Waals surface area contributed by atoms with E-state index in [2.05, 4.69) is 13.2 Å². The molecule has 0 rings (SSSR count). The Balaban J connectivity index is 4.84. The topological polar surface area (TPSA) is 37.4 Å². The van der Waals surface area contributed by atoms with Gasteiger partial charge in [0.15, 0.2) is 0 Å². The van der Waals surface area contributed by atoms with Gasteiger partial charge < -0.3 is 0 Å². The third-order valence-corrected chi connectivity index (χ3v) is 2.58. The Morgan fingerprint density at radius 1 is 1.44 bits per heavy atom. The van der Waals surface area contributed by atoms with Crippen molar-refractivity contribution >= 4 is 33.5 Å². The van der Waals surface area contributed by atoms with E-state index in [9.17, 15) is 9.59 Å². The summed E-state index contributed by atoms with van der Waals surface area (Å²) in [6.07, 6.45) is 4.39. The monoisotopic (exact) mass is 259 g/mol. The van der Waals surface area contributed by atoms with E-state index in [1.807, 2.05) is 0 Å². The van der Waals surface area contributed by atoms with E-state index in [0.717, 1.165) is 15.9 Å². The minimum Gasteiger partial charge on any atom is -0.278 e. The molecule has 3 nitrogen and oxygen atoms in total. The number of hydrogen-bond donors (Lipinski definition) is 0. The van der Waals surface area contributed by atoms with E-state index in [0.29, 0.717) is 11.3 Å². The molecule has 0 radical (unpaired) electrons. The van der Waals surface area contributed by atoms with Crippen molar-refractivity contribution in [1.29, 1.82) is 0 Å². The molecule has 0 bridgehead atoms. The Hall–Kier alpha value is -1.00. The standard InChI is InChI=1S/C11H14ClNO2S/c1-4-6-10(5-2)11(15)13(9(3)14)7-8-16-12/h4-6H,1-2,7-8H2,3H3/b10-6+. The first-order chi connectivity index (χ1) is 7.58. The molecular formula is C11H14ClNO2S. The van der Waals surface area contributed by atoms with Gasteiger partial charge in [-0.05, 0) is 10.7 Å². The van der Waals surface area contributed by atoms with Gasteiger partial charge >= 0.3 is 0 Å². The van der Waals surface area contributed by atoms with Crippen LogP contribution < -0.4 is 0 Å². The zero-order valence-corrected chi connectivity index (χ0v) is 10.7. The molecular weight excluding hydrogens is 246 g/mol. The third-order valence-electron chi connectivity index (χ3n) is 1.78. The number of nitrogens with zero attached hydrogens (tertiary/aromatic N) is 1. The number of carbonyl (C=O) groups excluding carboxylic acids is 2. The minimum absolute atomic E-state index is 0.282. The number of halogens is 1. The number of allylic oxidation sites excluding steroid dienone is 2. The maximum absolute atomic E-state index is 11.9. The summed E-state index contributed by atoms with van der Waals surface area (Å²) < 4.78 is 0. The summed E-state index contributed by atoms with van der Waals surface area (Å²) in [5, 5.41) is 0. The van der Waals surface area contributed by atoms with Crippen molar-refractivity contribution in [2.24, 2.45) is 0 Å². The van der Waals surface area contributed by atoms with E-state index in [1.165, 1.54) is 25.2 Å². The maximum Gasteiger partial charge on any atom is 0.260 e. The van der Waals surface area contributed by atoms with Gasteiger partial charge in [0.25, 0.3) is 5.91 Å². The van der Waals surface area contributed by atoms with E-state index in [1.54, 1.807) is 0 Å². The molecule has 0 aromatic carbocycles. The zero-order chi connectivity index (χ0) is 12.6. The van der Waals surface area contributed by atoms with Crippen molar-refractivity contribution in [2.45, 2.75) is 6.92 Å². The highest BCUT2D eigenvalue weighted by atomic mass is 35.7. The molecule has 2 amide bonds. The Bertz CT molecular complexity index is 326. The minimum atomic E-state index is -0.381. The van der Waals surface area contributed by atoms with Crippen molar-refractivity contribution < 1.29 is 9.59 Å². The molecule has 0 fully saturated rings. The van der Waals surface area contributed by atoms with Gasteiger partial charge in [0.2, 0.25) is 5.91 Å². The van der Waals surface area contributed by atoms with Crippen molar-refractivity contribution in [3.8, 4) is 0 Å². The van der Waals surface area contributed by atoms with Crippen LogP contribution in [0.25, 0.3) is 0 Å². The van der Waals surface area contributed by atoms with E-state index >= 15 is 0 Å². The van der Waals surface area contributed by atoms with Crippen LogP contribution in [0.2, 0.25) is 0 Å². The SMILES string of the molecule is C=C/C=C(\C=C)C(=O)N(CCSCl)C(C)=O. The fraction of sp³-hybridized carbons (Fsp3) is 0.273. The van der Waals surface area contributed by atoms with Crippen LogP contribution in [0.15, 0.2) is 37.0 Å². The summed E-state index contributed by atoms with van der Waals surface area (Å²) in [7, 11) is 6.50. The molecule has 0 atom stereocenters. The lowest BCUT2D eigenvalue weighted by Crippen LogP contribution is -2.37. The first-order valence-electron chi connectivity index (χ1n) is 4.59. The van der Waals surface area contributed by atoms with Crippen LogP contribution in [0, 0.1) is 0 Å². The molecule has 5 heteroatoms. The Kier molecular flexibility index (Phi) is 7.68. The molecule has 88 valence electrons. The summed E-state index contributed by atoms with van der Waals surface area (Å²) in [6, 6.07) is 0. The maximum atomic E-state index is 11.9. The summed E-state index contributed by atoms with van der Waals surface area (Å²) in [5.74, 6) is -0.202. The highest BCUT2D eigenvalue weighted by Gasteiger charge is 2.19. The largest absolute Gasteiger partial charge is 0.278 e. The van der Waals surface area contributed by atoms with Gasteiger partial charge in [-0.3, -0.25) is 14.5 Å². The molecule has 0 aromatic heterocycles. The van der Waals surface area contributed by atoms with Gasteiger partial charge in [0.1, 0.15) is 0 Å². The average molecular weight is 260 g/mol.